The van der Waals surface area contributed by atoms with Crippen LogP contribution in [0.1, 0.15) is 5.56 Å². The number of sulfone groups is 1. The molecule has 0 fully saturated rings. The third-order valence-electron chi connectivity index (χ3n) is 5.05. The first-order chi connectivity index (χ1) is 15.7. The van der Waals surface area contributed by atoms with Crippen molar-refractivity contribution in [2.75, 3.05) is 5.32 Å². The number of ether oxygens (including phenoxy) is 1. The highest BCUT2D eigenvalue weighted by Crippen LogP contribution is 2.30. The highest BCUT2D eigenvalue weighted by Gasteiger charge is 2.23. The van der Waals surface area contributed by atoms with Crippen LogP contribution in [0.5, 0.6) is 5.75 Å². The monoisotopic (exact) mass is 470 g/mol. The van der Waals surface area contributed by atoms with E-state index in [2.05, 4.69) is 10.1 Å². The second-order valence-corrected chi connectivity index (χ2v) is 9.32. The van der Waals surface area contributed by atoms with E-state index in [4.69, 9.17) is 0 Å². The molecule has 9 heteroatoms. The third kappa shape index (κ3) is 4.88. The average molecular weight is 470 g/mol. The van der Waals surface area contributed by atoms with Gasteiger partial charge < -0.3 is 14.6 Å². The number of anilines is 1. The van der Waals surface area contributed by atoms with Crippen molar-refractivity contribution in [1.82, 2.24) is 4.57 Å². The summed E-state index contributed by atoms with van der Waals surface area (Å²) in [6.07, 6.45) is 1.46. The number of hydrogen-bond acceptors (Lipinski definition) is 4. The van der Waals surface area contributed by atoms with E-state index in [1.54, 1.807) is 53.1 Å². The number of carbonyl (C=O) groups excluding carboxylic acids is 1. The predicted molar refractivity (Wildman–Crippen MR) is 120 cm³/mol. The number of aromatic nitrogens is 1. The fraction of sp³-hybridized carbons (Fsp3) is 0.125. The van der Waals surface area contributed by atoms with Gasteiger partial charge >= 0.3 is 6.61 Å². The van der Waals surface area contributed by atoms with Crippen LogP contribution < -0.4 is 10.1 Å². The number of hydrogen-bond donors (Lipinski definition) is 1. The van der Waals surface area contributed by atoms with E-state index in [1.807, 2.05) is 6.92 Å². The summed E-state index contributed by atoms with van der Waals surface area (Å²) in [5.74, 6) is -0.428. The molecule has 0 radical (unpaired) electrons. The van der Waals surface area contributed by atoms with Crippen molar-refractivity contribution in [3.8, 4) is 5.75 Å². The lowest BCUT2D eigenvalue weighted by atomic mass is 10.2. The van der Waals surface area contributed by atoms with Gasteiger partial charge in [-0.1, -0.05) is 35.9 Å². The van der Waals surface area contributed by atoms with E-state index in [1.165, 1.54) is 30.5 Å². The lowest BCUT2D eigenvalue weighted by Gasteiger charge is -2.09. The van der Waals surface area contributed by atoms with Gasteiger partial charge in [0.2, 0.25) is 15.7 Å². The van der Waals surface area contributed by atoms with Crippen LogP contribution in [-0.2, 0) is 21.2 Å². The molecule has 0 spiro atoms. The number of fused-ring (bicyclic) bond motifs is 1. The van der Waals surface area contributed by atoms with Gasteiger partial charge in [0.15, 0.2) is 0 Å². The summed E-state index contributed by atoms with van der Waals surface area (Å²) < 4.78 is 57.0. The van der Waals surface area contributed by atoms with Crippen LogP contribution >= 0.6 is 0 Å². The molecule has 0 aliphatic heterocycles. The van der Waals surface area contributed by atoms with Crippen LogP contribution in [0.4, 0.5) is 14.5 Å². The number of halogens is 2. The number of carbonyl (C=O) groups is 1. The topological polar surface area (TPSA) is 77.4 Å². The van der Waals surface area contributed by atoms with Gasteiger partial charge in [-0.05, 0) is 49.4 Å². The van der Waals surface area contributed by atoms with Gasteiger partial charge in [-0.25, -0.2) is 8.42 Å². The minimum atomic E-state index is -3.80. The van der Waals surface area contributed by atoms with Crippen molar-refractivity contribution in [3.05, 3.63) is 84.6 Å². The molecule has 4 aromatic rings. The molecule has 0 saturated heterocycles. The second kappa shape index (κ2) is 9.03. The highest BCUT2D eigenvalue weighted by atomic mass is 32.2. The fourth-order valence-electron chi connectivity index (χ4n) is 3.48. The Morgan fingerprint density at radius 1 is 1.00 bits per heavy atom. The molecule has 1 N–H and O–H groups in total. The Hall–Kier alpha value is -3.72. The minimum absolute atomic E-state index is 0.0228. The number of rotatable bonds is 7. The summed E-state index contributed by atoms with van der Waals surface area (Å²) in [6.45, 7) is -1.20. The summed E-state index contributed by atoms with van der Waals surface area (Å²) >= 11 is 0. The van der Waals surface area contributed by atoms with Crippen LogP contribution in [0.15, 0.2) is 88.8 Å². The van der Waals surface area contributed by atoms with Gasteiger partial charge in [-0.3, -0.25) is 4.79 Å². The van der Waals surface area contributed by atoms with Crippen molar-refractivity contribution in [2.24, 2.45) is 0 Å². The summed E-state index contributed by atoms with van der Waals surface area (Å²) in [4.78, 5) is 12.9. The molecule has 0 saturated carbocycles. The molecule has 0 aliphatic carbocycles. The number of aryl methyl sites for hydroxylation is 1. The van der Waals surface area contributed by atoms with E-state index in [0.29, 0.717) is 16.6 Å². The molecule has 1 amide bonds. The molecule has 0 atom stereocenters. The maximum absolute atomic E-state index is 13.3. The average Bonchev–Trinajstić information content (AvgIpc) is 3.14. The summed E-state index contributed by atoms with van der Waals surface area (Å²) in [7, 11) is -3.80. The molecule has 3 aromatic carbocycles. The van der Waals surface area contributed by atoms with Gasteiger partial charge in [0.25, 0.3) is 0 Å². The predicted octanol–water partition coefficient (Wildman–Crippen LogP) is 5.02. The lowest BCUT2D eigenvalue weighted by Crippen LogP contribution is -2.18. The van der Waals surface area contributed by atoms with E-state index in [0.717, 1.165) is 5.56 Å². The first kappa shape index (κ1) is 22.5. The summed E-state index contributed by atoms with van der Waals surface area (Å²) in [5, 5.41) is 3.18. The first-order valence-electron chi connectivity index (χ1n) is 9.98. The number of alkyl halides is 2. The fourth-order valence-corrected chi connectivity index (χ4v) is 4.95. The van der Waals surface area contributed by atoms with Crippen molar-refractivity contribution in [3.63, 3.8) is 0 Å². The summed E-state index contributed by atoms with van der Waals surface area (Å²) in [5.41, 5.74) is 1.94. The molecule has 4 rings (SSSR count). The molecule has 33 heavy (non-hydrogen) atoms. The smallest absolute Gasteiger partial charge is 0.387 e. The number of nitrogens with one attached hydrogen (secondary N) is 1. The quantitative estimate of drug-likeness (QED) is 0.411. The van der Waals surface area contributed by atoms with Gasteiger partial charge in [-0.2, -0.15) is 8.78 Å². The van der Waals surface area contributed by atoms with Gasteiger partial charge in [0.05, 0.1) is 9.79 Å². The Balaban J connectivity index is 1.60. The Bertz CT molecular complexity index is 1400. The van der Waals surface area contributed by atoms with Crippen LogP contribution in [0, 0.1) is 6.92 Å². The molecule has 1 heterocycles. The first-order valence-corrected chi connectivity index (χ1v) is 11.5. The van der Waals surface area contributed by atoms with E-state index < -0.39 is 22.4 Å². The molecular formula is C24H20F2N2O4S. The third-order valence-corrected chi connectivity index (χ3v) is 6.85. The Labute approximate surface area is 189 Å². The van der Waals surface area contributed by atoms with Gasteiger partial charge in [-0.15, -0.1) is 0 Å². The summed E-state index contributed by atoms with van der Waals surface area (Å²) in [6, 6.07) is 19.1. The van der Waals surface area contributed by atoms with Crippen LogP contribution in [0.25, 0.3) is 10.9 Å². The zero-order chi connectivity index (χ0) is 23.6. The van der Waals surface area contributed by atoms with Crippen molar-refractivity contribution in [2.45, 2.75) is 29.9 Å². The van der Waals surface area contributed by atoms with Crippen LogP contribution in [0.3, 0.4) is 0 Å². The van der Waals surface area contributed by atoms with E-state index >= 15 is 0 Å². The van der Waals surface area contributed by atoms with Gasteiger partial charge in [0, 0.05) is 22.8 Å². The lowest BCUT2D eigenvalue weighted by molar-refractivity contribution is -0.116. The van der Waals surface area contributed by atoms with E-state index in [-0.39, 0.29) is 22.1 Å². The maximum Gasteiger partial charge on any atom is 0.387 e. The van der Waals surface area contributed by atoms with Crippen LogP contribution in [0.2, 0.25) is 0 Å². The molecular weight excluding hydrogens is 450 g/mol. The Morgan fingerprint density at radius 2 is 1.67 bits per heavy atom. The zero-order valence-corrected chi connectivity index (χ0v) is 18.4. The minimum Gasteiger partial charge on any atom is -0.435 e. The molecule has 170 valence electrons. The Morgan fingerprint density at radius 3 is 2.33 bits per heavy atom. The molecule has 0 aliphatic rings. The van der Waals surface area contributed by atoms with Crippen molar-refractivity contribution in [1.29, 1.82) is 0 Å². The number of amides is 1. The highest BCUT2D eigenvalue weighted by molar-refractivity contribution is 7.91. The number of para-hydroxylation sites is 1. The molecule has 1 aromatic heterocycles. The van der Waals surface area contributed by atoms with Crippen molar-refractivity contribution >= 4 is 32.3 Å². The zero-order valence-electron chi connectivity index (χ0n) is 17.5. The molecule has 0 unspecified atom stereocenters. The SMILES string of the molecule is Cc1ccc(S(=O)(=O)c2cn(CC(=O)Nc3ccc(OC(F)F)cc3)c3ccccc23)cc1. The van der Waals surface area contributed by atoms with Crippen LogP contribution in [-0.4, -0.2) is 25.5 Å². The van der Waals surface area contributed by atoms with Gasteiger partial charge in [0.1, 0.15) is 12.3 Å². The normalized spacial score (nSPS) is 11.6. The largest absolute Gasteiger partial charge is 0.435 e. The standard InChI is InChI=1S/C24H20F2N2O4S/c1-16-6-12-19(13-7-16)33(30,31)22-14-28(21-5-3-2-4-20(21)22)15-23(29)27-17-8-10-18(11-9-17)32-24(25)26/h2-14,24H,15H2,1H3,(H,27,29). The molecule has 6 nitrogen and oxygen atoms in total. The second-order valence-electron chi connectivity index (χ2n) is 7.41. The van der Waals surface area contributed by atoms with Crippen molar-refractivity contribution < 1.29 is 26.7 Å². The number of benzene rings is 3. The Kier molecular flexibility index (Phi) is 6.15. The number of nitrogens with zero attached hydrogens (tertiary/aromatic N) is 1. The maximum atomic E-state index is 13.3. The van der Waals surface area contributed by atoms with E-state index in [9.17, 15) is 22.0 Å². The molecule has 0 bridgehead atoms.